The second-order valence-corrected chi connectivity index (χ2v) is 5.27. The summed E-state index contributed by atoms with van der Waals surface area (Å²) in [6, 6.07) is 7.03. The lowest BCUT2D eigenvalue weighted by Gasteiger charge is -2.17. The number of esters is 1. The van der Waals surface area contributed by atoms with Gasteiger partial charge in [-0.1, -0.05) is 19.9 Å². The number of carbonyl (C=O) groups excluding carboxylic acids is 1. The maximum absolute atomic E-state index is 12.0. The topological polar surface area (TPSA) is 53.6 Å². The fraction of sp³-hybridized carbons (Fsp3) is 0.412. The van der Waals surface area contributed by atoms with E-state index in [2.05, 4.69) is 36.0 Å². The molecule has 1 rings (SSSR count). The van der Waals surface area contributed by atoms with Crippen molar-refractivity contribution < 1.29 is 9.53 Å². The minimum atomic E-state index is -0.309. The molecule has 0 amide bonds. The Morgan fingerprint density at radius 1 is 1.30 bits per heavy atom. The quantitative estimate of drug-likeness (QED) is 0.411. The van der Waals surface area contributed by atoms with Crippen LogP contribution in [0, 0.1) is 0 Å². The van der Waals surface area contributed by atoms with Crippen LogP contribution in [-0.2, 0) is 4.74 Å². The summed E-state index contributed by atoms with van der Waals surface area (Å²) in [6.07, 6.45) is 1.73. The third kappa shape index (κ3) is 7.25. The summed E-state index contributed by atoms with van der Waals surface area (Å²) < 4.78 is 5.29. The van der Waals surface area contributed by atoms with Gasteiger partial charge in [0.25, 0.3) is 0 Å². The molecule has 5 nitrogen and oxygen atoms in total. The van der Waals surface area contributed by atoms with Crippen molar-refractivity contribution in [3.63, 3.8) is 0 Å². The van der Waals surface area contributed by atoms with E-state index in [1.165, 1.54) is 0 Å². The average molecular weight is 335 g/mol. The number of anilines is 1. The van der Waals surface area contributed by atoms with Gasteiger partial charge in [0.2, 0.25) is 0 Å². The van der Waals surface area contributed by atoms with Crippen molar-refractivity contribution in [3.05, 3.63) is 42.5 Å². The standard InChI is InChI=1S/C17H25N3O2S/c1-4-11-18-17(23)19-15-9-7-14(8-10-15)16(21)22-13-12-20(5-2)6-3/h4,7-10H,1,5-6,11-13H2,2-3H3,(H2,18,19,23). The molecule has 1 aromatic carbocycles. The molecule has 0 aliphatic carbocycles. The Labute approximate surface area is 143 Å². The third-order valence-electron chi connectivity index (χ3n) is 3.32. The van der Waals surface area contributed by atoms with Crippen LogP contribution in [0.15, 0.2) is 36.9 Å². The number of carbonyl (C=O) groups is 1. The Hall–Kier alpha value is -1.92. The molecule has 0 aliphatic rings. The predicted molar refractivity (Wildman–Crippen MR) is 98.9 cm³/mol. The van der Waals surface area contributed by atoms with E-state index in [-0.39, 0.29) is 5.97 Å². The molecule has 0 saturated carbocycles. The van der Waals surface area contributed by atoms with Crippen LogP contribution >= 0.6 is 12.2 Å². The van der Waals surface area contributed by atoms with Crippen LogP contribution < -0.4 is 10.6 Å². The first kappa shape index (κ1) is 19.1. The summed E-state index contributed by atoms with van der Waals surface area (Å²) in [5, 5.41) is 6.52. The normalized spacial score (nSPS) is 10.2. The fourth-order valence-corrected chi connectivity index (χ4v) is 2.12. The van der Waals surface area contributed by atoms with Crippen LogP contribution in [-0.4, -0.2) is 48.8 Å². The van der Waals surface area contributed by atoms with Crippen molar-refractivity contribution in [1.82, 2.24) is 10.2 Å². The molecule has 0 atom stereocenters. The first-order valence-corrected chi connectivity index (χ1v) is 8.16. The minimum absolute atomic E-state index is 0.309. The molecule has 0 aliphatic heterocycles. The fourth-order valence-electron chi connectivity index (χ4n) is 1.92. The molecule has 2 N–H and O–H groups in total. The summed E-state index contributed by atoms with van der Waals surface area (Å²) in [5.41, 5.74) is 1.34. The summed E-state index contributed by atoms with van der Waals surface area (Å²) in [4.78, 5) is 14.2. The van der Waals surface area contributed by atoms with E-state index in [0.29, 0.717) is 23.8 Å². The highest BCUT2D eigenvalue weighted by Crippen LogP contribution is 2.10. The first-order valence-electron chi connectivity index (χ1n) is 7.76. The van der Waals surface area contributed by atoms with Crippen LogP contribution in [0.3, 0.4) is 0 Å². The van der Waals surface area contributed by atoms with Gasteiger partial charge in [-0.15, -0.1) is 6.58 Å². The van der Waals surface area contributed by atoms with E-state index in [9.17, 15) is 4.79 Å². The van der Waals surface area contributed by atoms with Crippen molar-refractivity contribution in [3.8, 4) is 0 Å². The van der Waals surface area contributed by atoms with Crippen LogP contribution in [0.4, 0.5) is 5.69 Å². The van der Waals surface area contributed by atoms with E-state index in [1.54, 1.807) is 30.3 Å². The number of ether oxygens (including phenoxy) is 1. The molecule has 0 unspecified atom stereocenters. The zero-order valence-corrected chi connectivity index (χ0v) is 14.6. The maximum atomic E-state index is 12.0. The molecule has 0 bridgehead atoms. The molecule has 23 heavy (non-hydrogen) atoms. The zero-order chi connectivity index (χ0) is 17.1. The number of likely N-dealkylation sites (N-methyl/N-ethyl adjacent to an activating group) is 1. The van der Waals surface area contributed by atoms with Gasteiger partial charge < -0.3 is 20.3 Å². The molecule has 0 spiro atoms. The lowest BCUT2D eigenvalue weighted by atomic mass is 10.2. The van der Waals surface area contributed by atoms with Crippen LogP contribution in [0.1, 0.15) is 24.2 Å². The molecule has 0 fully saturated rings. The van der Waals surface area contributed by atoms with Crippen molar-refractivity contribution in [1.29, 1.82) is 0 Å². The van der Waals surface area contributed by atoms with Crippen molar-refractivity contribution in [2.45, 2.75) is 13.8 Å². The third-order valence-corrected chi connectivity index (χ3v) is 3.57. The smallest absolute Gasteiger partial charge is 0.338 e. The van der Waals surface area contributed by atoms with Gasteiger partial charge in [0.15, 0.2) is 5.11 Å². The number of nitrogens with one attached hydrogen (secondary N) is 2. The van der Waals surface area contributed by atoms with Gasteiger partial charge in [-0.2, -0.15) is 0 Å². The highest BCUT2D eigenvalue weighted by Gasteiger charge is 2.08. The van der Waals surface area contributed by atoms with Gasteiger partial charge in [-0.05, 0) is 49.6 Å². The number of nitrogens with zero attached hydrogens (tertiary/aromatic N) is 1. The summed E-state index contributed by atoms with van der Waals surface area (Å²) in [7, 11) is 0. The van der Waals surface area contributed by atoms with E-state index in [0.717, 1.165) is 25.3 Å². The Morgan fingerprint density at radius 3 is 2.52 bits per heavy atom. The molecule has 6 heteroatoms. The van der Waals surface area contributed by atoms with Crippen LogP contribution in [0.5, 0.6) is 0 Å². The Balaban J connectivity index is 2.44. The number of rotatable bonds is 9. The van der Waals surface area contributed by atoms with Crippen LogP contribution in [0.2, 0.25) is 0 Å². The first-order chi connectivity index (χ1) is 11.1. The summed E-state index contributed by atoms with van der Waals surface area (Å²) >= 11 is 5.12. The second kappa shape index (κ2) is 10.7. The van der Waals surface area contributed by atoms with Crippen molar-refractivity contribution in [2.75, 3.05) is 38.1 Å². The molecule has 0 saturated heterocycles. The molecular weight excluding hydrogens is 310 g/mol. The SMILES string of the molecule is C=CCNC(=S)Nc1ccc(C(=O)OCCN(CC)CC)cc1. The number of thiocarbonyl (C=S) groups is 1. The van der Waals surface area contributed by atoms with Crippen LogP contribution in [0.25, 0.3) is 0 Å². The van der Waals surface area contributed by atoms with Gasteiger partial charge in [-0.3, -0.25) is 0 Å². The van der Waals surface area contributed by atoms with E-state index in [1.807, 2.05) is 0 Å². The van der Waals surface area contributed by atoms with Crippen molar-refractivity contribution in [2.24, 2.45) is 0 Å². The van der Waals surface area contributed by atoms with Gasteiger partial charge in [0.1, 0.15) is 6.61 Å². The highest BCUT2D eigenvalue weighted by atomic mass is 32.1. The van der Waals surface area contributed by atoms with Gasteiger partial charge in [0.05, 0.1) is 5.56 Å². The highest BCUT2D eigenvalue weighted by molar-refractivity contribution is 7.80. The average Bonchev–Trinajstić information content (AvgIpc) is 2.57. The Kier molecular flexibility index (Phi) is 8.94. The Bertz CT molecular complexity index is 513. The second-order valence-electron chi connectivity index (χ2n) is 4.86. The molecule has 1 aromatic rings. The number of hydrogen-bond donors (Lipinski definition) is 2. The lowest BCUT2D eigenvalue weighted by molar-refractivity contribution is 0.0466. The monoisotopic (exact) mass is 335 g/mol. The van der Waals surface area contributed by atoms with Crippen molar-refractivity contribution >= 4 is 29.0 Å². The zero-order valence-electron chi connectivity index (χ0n) is 13.8. The molecule has 0 radical (unpaired) electrons. The van der Waals surface area contributed by atoms with E-state index < -0.39 is 0 Å². The van der Waals surface area contributed by atoms with Gasteiger partial charge in [0, 0.05) is 18.8 Å². The maximum Gasteiger partial charge on any atom is 0.338 e. The predicted octanol–water partition coefficient (Wildman–Crippen LogP) is 2.66. The van der Waals surface area contributed by atoms with E-state index >= 15 is 0 Å². The molecular formula is C17H25N3O2S. The number of benzene rings is 1. The van der Waals surface area contributed by atoms with E-state index in [4.69, 9.17) is 17.0 Å². The minimum Gasteiger partial charge on any atom is -0.461 e. The lowest BCUT2D eigenvalue weighted by Crippen LogP contribution is -2.28. The molecule has 0 heterocycles. The molecule has 126 valence electrons. The largest absolute Gasteiger partial charge is 0.461 e. The number of hydrogen-bond acceptors (Lipinski definition) is 4. The summed E-state index contributed by atoms with van der Waals surface area (Å²) in [5.74, 6) is -0.309. The summed E-state index contributed by atoms with van der Waals surface area (Å²) in [6.45, 7) is 11.4. The molecule has 0 aromatic heterocycles. The van der Waals surface area contributed by atoms with Gasteiger partial charge in [-0.25, -0.2) is 4.79 Å². The Morgan fingerprint density at radius 2 is 1.96 bits per heavy atom. The van der Waals surface area contributed by atoms with Gasteiger partial charge >= 0.3 is 5.97 Å².